The molecule has 0 N–H and O–H groups in total. The summed E-state index contributed by atoms with van der Waals surface area (Å²) in [6, 6.07) is 9.24. The first kappa shape index (κ1) is 20.6. The van der Waals surface area contributed by atoms with Crippen LogP contribution >= 0.6 is 0 Å². The molecule has 31 heavy (non-hydrogen) atoms. The van der Waals surface area contributed by atoms with E-state index in [1.807, 2.05) is 19.3 Å². The predicted molar refractivity (Wildman–Crippen MR) is 119 cm³/mol. The first-order chi connectivity index (χ1) is 15.0. The summed E-state index contributed by atoms with van der Waals surface area (Å²) >= 11 is 0. The minimum atomic E-state index is -0.239. The Balaban J connectivity index is 1.34. The monoisotopic (exact) mass is 422 g/mol. The molecule has 1 saturated carbocycles. The second-order valence-electron chi connectivity index (χ2n) is 9.35. The van der Waals surface area contributed by atoms with Gasteiger partial charge in [0.1, 0.15) is 5.82 Å². The van der Waals surface area contributed by atoms with Gasteiger partial charge in [-0.1, -0.05) is 6.07 Å². The van der Waals surface area contributed by atoms with Gasteiger partial charge in [-0.25, -0.2) is 9.37 Å². The topological polar surface area (TPSA) is 43.2 Å². The molecule has 1 atom stereocenters. The number of hydrogen-bond acceptors (Lipinski definition) is 4. The molecule has 5 rings (SSSR count). The summed E-state index contributed by atoms with van der Waals surface area (Å²) in [5, 5.41) is 0. The average molecular weight is 423 g/mol. The Bertz CT molecular complexity index is 1060. The molecule has 1 aliphatic carbocycles. The largest absolute Gasteiger partial charge is 0.381 e. The SMILES string of the molecule is CCOC[C@@]1(CCn2cnc3cc(F)ccc32)CCN(C2(c3ccc(C)nc3)CC2)C1. The molecule has 2 aromatic heterocycles. The fourth-order valence-electron chi connectivity index (χ4n) is 5.23. The zero-order valence-corrected chi connectivity index (χ0v) is 18.5. The molecule has 0 radical (unpaired) electrons. The summed E-state index contributed by atoms with van der Waals surface area (Å²) in [6.07, 6.45) is 8.48. The molecule has 0 spiro atoms. The van der Waals surface area contributed by atoms with Gasteiger partial charge < -0.3 is 9.30 Å². The zero-order valence-electron chi connectivity index (χ0n) is 18.5. The molecule has 3 heterocycles. The molecular weight excluding hydrogens is 391 g/mol. The van der Waals surface area contributed by atoms with Gasteiger partial charge in [-0.05, 0) is 69.8 Å². The molecule has 1 aliphatic heterocycles. The number of aryl methyl sites for hydroxylation is 2. The van der Waals surface area contributed by atoms with Gasteiger partial charge in [0, 0.05) is 48.6 Å². The van der Waals surface area contributed by atoms with Crippen LogP contribution in [0, 0.1) is 18.2 Å². The maximum absolute atomic E-state index is 13.5. The Kier molecular flexibility index (Phi) is 5.30. The van der Waals surface area contributed by atoms with Crippen LogP contribution < -0.4 is 0 Å². The summed E-state index contributed by atoms with van der Waals surface area (Å²) in [6.45, 7) is 8.63. The Morgan fingerprint density at radius 2 is 2.00 bits per heavy atom. The molecule has 0 unspecified atom stereocenters. The first-order valence-corrected chi connectivity index (χ1v) is 11.4. The van der Waals surface area contributed by atoms with Gasteiger partial charge >= 0.3 is 0 Å². The van der Waals surface area contributed by atoms with Gasteiger partial charge in [0.05, 0.1) is 24.0 Å². The fourth-order valence-corrected chi connectivity index (χ4v) is 5.23. The van der Waals surface area contributed by atoms with Gasteiger partial charge in [-0.15, -0.1) is 0 Å². The highest BCUT2D eigenvalue weighted by Gasteiger charge is 2.54. The Morgan fingerprint density at radius 3 is 2.74 bits per heavy atom. The lowest BCUT2D eigenvalue weighted by Crippen LogP contribution is -2.38. The quantitative estimate of drug-likeness (QED) is 0.528. The van der Waals surface area contributed by atoms with Crippen LogP contribution in [0.5, 0.6) is 0 Å². The van der Waals surface area contributed by atoms with Crippen LogP contribution in [0.15, 0.2) is 42.9 Å². The summed E-state index contributed by atoms with van der Waals surface area (Å²) in [7, 11) is 0. The summed E-state index contributed by atoms with van der Waals surface area (Å²) < 4.78 is 21.7. The number of rotatable bonds is 8. The van der Waals surface area contributed by atoms with E-state index in [9.17, 15) is 4.39 Å². The minimum absolute atomic E-state index is 0.125. The highest BCUT2D eigenvalue weighted by molar-refractivity contribution is 5.75. The molecule has 0 amide bonds. The van der Waals surface area contributed by atoms with Crippen LogP contribution in [0.25, 0.3) is 11.0 Å². The lowest BCUT2D eigenvalue weighted by Gasteiger charge is -2.33. The number of benzene rings is 1. The maximum Gasteiger partial charge on any atom is 0.125 e. The second-order valence-corrected chi connectivity index (χ2v) is 9.35. The van der Waals surface area contributed by atoms with E-state index in [0.29, 0.717) is 0 Å². The third kappa shape index (κ3) is 3.87. The Morgan fingerprint density at radius 1 is 1.13 bits per heavy atom. The van der Waals surface area contributed by atoms with E-state index in [4.69, 9.17) is 4.74 Å². The Labute approximate surface area is 183 Å². The number of imidazole rings is 1. The third-order valence-electron chi connectivity index (χ3n) is 7.29. The van der Waals surface area contributed by atoms with Crippen molar-refractivity contribution in [3.05, 3.63) is 59.9 Å². The Hall–Kier alpha value is -2.31. The number of nitrogens with zero attached hydrogens (tertiary/aromatic N) is 4. The highest BCUT2D eigenvalue weighted by atomic mass is 19.1. The van der Waals surface area contributed by atoms with Crippen molar-refractivity contribution in [2.45, 2.75) is 51.6 Å². The van der Waals surface area contributed by atoms with Crippen molar-refractivity contribution in [1.29, 1.82) is 0 Å². The van der Waals surface area contributed by atoms with Gasteiger partial charge in [-0.2, -0.15) is 0 Å². The van der Waals surface area contributed by atoms with Crippen LogP contribution in [0.4, 0.5) is 4.39 Å². The van der Waals surface area contributed by atoms with Gasteiger partial charge in [0.25, 0.3) is 0 Å². The number of halogens is 1. The number of aromatic nitrogens is 3. The van der Waals surface area contributed by atoms with Crippen LogP contribution in [0.2, 0.25) is 0 Å². The smallest absolute Gasteiger partial charge is 0.125 e. The van der Waals surface area contributed by atoms with E-state index in [2.05, 4.69) is 44.7 Å². The van der Waals surface area contributed by atoms with Crippen molar-refractivity contribution < 1.29 is 9.13 Å². The van der Waals surface area contributed by atoms with Crippen molar-refractivity contribution in [2.24, 2.45) is 5.41 Å². The van der Waals surface area contributed by atoms with E-state index in [1.54, 1.807) is 0 Å². The molecule has 6 heteroatoms. The van der Waals surface area contributed by atoms with Gasteiger partial charge in [0.15, 0.2) is 0 Å². The number of pyridine rings is 1. The van der Waals surface area contributed by atoms with Crippen LogP contribution in [0.1, 0.15) is 43.9 Å². The van der Waals surface area contributed by atoms with Crippen LogP contribution in [0.3, 0.4) is 0 Å². The first-order valence-electron chi connectivity index (χ1n) is 11.4. The molecule has 164 valence electrons. The standard InChI is InChI=1S/C25H31FN4O/c1-3-31-17-24(10-12-29-18-28-22-14-21(26)6-7-23(22)29)11-13-30(16-24)25(8-9-25)20-5-4-19(2)27-15-20/h4-7,14-15,18H,3,8-13,16-17H2,1-2H3/t24-/m0/s1. The van der Waals surface area contributed by atoms with Crippen molar-refractivity contribution in [3.63, 3.8) is 0 Å². The lowest BCUT2D eigenvalue weighted by molar-refractivity contribution is 0.0417. The lowest BCUT2D eigenvalue weighted by atomic mass is 9.84. The molecule has 2 fully saturated rings. The van der Waals surface area contributed by atoms with Crippen molar-refractivity contribution in [3.8, 4) is 0 Å². The molecule has 3 aromatic rings. The maximum atomic E-state index is 13.5. The fraction of sp³-hybridized carbons (Fsp3) is 0.520. The highest BCUT2D eigenvalue weighted by Crippen LogP contribution is 2.54. The van der Waals surface area contributed by atoms with E-state index in [0.717, 1.165) is 62.4 Å². The number of fused-ring (bicyclic) bond motifs is 1. The summed E-state index contributed by atoms with van der Waals surface area (Å²) in [5.74, 6) is -0.239. The molecule has 1 saturated heterocycles. The minimum Gasteiger partial charge on any atom is -0.381 e. The van der Waals surface area contributed by atoms with E-state index < -0.39 is 0 Å². The van der Waals surface area contributed by atoms with Crippen molar-refractivity contribution in [1.82, 2.24) is 19.4 Å². The van der Waals surface area contributed by atoms with Crippen LogP contribution in [-0.2, 0) is 16.8 Å². The molecule has 5 nitrogen and oxygen atoms in total. The summed E-state index contributed by atoms with van der Waals surface area (Å²) in [5.41, 5.74) is 4.42. The van der Waals surface area contributed by atoms with Gasteiger partial charge in [-0.3, -0.25) is 9.88 Å². The zero-order chi connectivity index (χ0) is 21.5. The molecule has 2 aliphatic rings. The average Bonchev–Trinajstić information content (AvgIpc) is 3.31. The van der Waals surface area contributed by atoms with E-state index in [1.165, 1.54) is 30.5 Å². The van der Waals surface area contributed by atoms with Crippen molar-refractivity contribution >= 4 is 11.0 Å². The van der Waals surface area contributed by atoms with Crippen molar-refractivity contribution in [2.75, 3.05) is 26.3 Å². The van der Waals surface area contributed by atoms with Crippen LogP contribution in [-0.4, -0.2) is 45.7 Å². The van der Waals surface area contributed by atoms with Gasteiger partial charge in [0.2, 0.25) is 0 Å². The molecule has 0 bridgehead atoms. The predicted octanol–water partition coefficient (Wildman–Crippen LogP) is 4.69. The third-order valence-corrected chi connectivity index (χ3v) is 7.29. The normalized spacial score (nSPS) is 22.9. The number of likely N-dealkylation sites (tertiary alicyclic amines) is 1. The molecule has 1 aromatic carbocycles. The van der Waals surface area contributed by atoms with E-state index >= 15 is 0 Å². The number of hydrogen-bond donors (Lipinski definition) is 0. The number of ether oxygens (including phenoxy) is 1. The second kappa shape index (κ2) is 7.99. The summed E-state index contributed by atoms with van der Waals surface area (Å²) in [4.78, 5) is 11.6. The van der Waals surface area contributed by atoms with E-state index in [-0.39, 0.29) is 16.8 Å². The molecular formula is C25H31FN4O.